The van der Waals surface area contributed by atoms with E-state index in [0.717, 1.165) is 22.8 Å². The Hall–Kier alpha value is -2.74. The quantitative estimate of drug-likeness (QED) is 0.305. The number of hydrogen-bond donors (Lipinski definition) is 0. The van der Waals surface area contributed by atoms with E-state index in [0.29, 0.717) is 32.5 Å². The molecule has 0 unspecified atom stereocenters. The summed E-state index contributed by atoms with van der Waals surface area (Å²) >= 11 is 5.82. The predicted molar refractivity (Wildman–Crippen MR) is 134 cm³/mol. The third-order valence-corrected chi connectivity index (χ3v) is 9.11. The largest absolute Gasteiger partial charge is 0.340 e. The number of piperidine rings is 1. The number of sulfonamides is 1. The first kappa shape index (κ1) is 24.0. The minimum Gasteiger partial charge on any atom is -0.340 e. The van der Waals surface area contributed by atoms with Crippen LogP contribution in [0.25, 0.3) is 10.9 Å². The molecule has 1 saturated heterocycles. The van der Waals surface area contributed by atoms with Crippen LogP contribution in [-0.2, 0) is 16.6 Å². The van der Waals surface area contributed by atoms with Crippen molar-refractivity contribution in [2.75, 3.05) is 13.1 Å². The molecule has 3 aromatic carbocycles. The summed E-state index contributed by atoms with van der Waals surface area (Å²) in [6.45, 7) is 3.48. The van der Waals surface area contributed by atoms with Gasteiger partial charge in [-0.1, -0.05) is 41.9 Å². The maximum atomic E-state index is 13.5. The number of aromatic nitrogens is 1. The molecular formula is C27H25ClF2N2O2S. The molecule has 35 heavy (non-hydrogen) atoms. The van der Waals surface area contributed by atoms with E-state index < -0.39 is 15.8 Å². The van der Waals surface area contributed by atoms with Gasteiger partial charge in [0.25, 0.3) is 0 Å². The summed E-state index contributed by atoms with van der Waals surface area (Å²) in [6, 6.07) is 18.3. The van der Waals surface area contributed by atoms with Crippen LogP contribution < -0.4 is 0 Å². The van der Waals surface area contributed by atoms with Crippen molar-refractivity contribution >= 4 is 32.5 Å². The normalized spacial score (nSPS) is 15.7. The van der Waals surface area contributed by atoms with Crippen LogP contribution in [0, 0.1) is 18.6 Å². The van der Waals surface area contributed by atoms with Crippen molar-refractivity contribution in [3.8, 4) is 0 Å². The number of para-hydroxylation sites is 1. The number of benzene rings is 3. The average molecular weight is 515 g/mol. The summed E-state index contributed by atoms with van der Waals surface area (Å²) in [5.41, 5.74) is 4.51. The highest BCUT2D eigenvalue weighted by atomic mass is 35.5. The second kappa shape index (κ2) is 9.37. The third kappa shape index (κ3) is 4.48. The first-order chi connectivity index (χ1) is 16.8. The van der Waals surface area contributed by atoms with Crippen LogP contribution in [-0.4, -0.2) is 30.4 Å². The molecule has 1 fully saturated rings. The van der Waals surface area contributed by atoms with E-state index >= 15 is 0 Å². The first-order valence-electron chi connectivity index (χ1n) is 11.5. The Morgan fingerprint density at radius 2 is 1.66 bits per heavy atom. The molecule has 182 valence electrons. The van der Waals surface area contributed by atoms with Gasteiger partial charge in [-0.05, 0) is 73.2 Å². The monoisotopic (exact) mass is 514 g/mol. The number of hydrogen-bond acceptors (Lipinski definition) is 2. The Labute approximate surface area is 208 Å². The van der Waals surface area contributed by atoms with Gasteiger partial charge in [0.2, 0.25) is 10.0 Å². The van der Waals surface area contributed by atoms with E-state index in [9.17, 15) is 17.2 Å². The van der Waals surface area contributed by atoms with Gasteiger partial charge in [-0.15, -0.1) is 0 Å². The van der Waals surface area contributed by atoms with Crippen LogP contribution in [0.2, 0.25) is 5.02 Å². The van der Waals surface area contributed by atoms with Crippen molar-refractivity contribution in [1.82, 2.24) is 8.87 Å². The second-order valence-electron chi connectivity index (χ2n) is 8.98. The highest BCUT2D eigenvalue weighted by Gasteiger charge is 2.32. The fraction of sp³-hybridized carbons (Fsp3) is 0.259. The topological polar surface area (TPSA) is 42.3 Å². The lowest BCUT2D eigenvalue weighted by molar-refractivity contribution is 0.319. The molecule has 0 atom stereocenters. The average Bonchev–Trinajstić information content (AvgIpc) is 3.13. The predicted octanol–water partition coefficient (Wildman–Crippen LogP) is 6.50. The van der Waals surface area contributed by atoms with Crippen molar-refractivity contribution < 1.29 is 17.2 Å². The molecule has 1 aromatic heterocycles. The van der Waals surface area contributed by atoms with Gasteiger partial charge in [0.15, 0.2) is 0 Å². The fourth-order valence-corrected chi connectivity index (χ4v) is 6.86. The molecular weight excluding hydrogens is 490 g/mol. The van der Waals surface area contributed by atoms with E-state index in [2.05, 4.69) is 23.6 Å². The number of fused-ring (bicyclic) bond motifs is 1. The van der Waals surface area contributed by atoms with Gasteiger partial charge in [0, 0.05) is 36.2 Å². The smallest absolute Gasteiger partial charge is 0.243 e. The molecule has 0 spiro atoms. The number of rotatable bonds is 5. The van der Waals surface area contributed by atoms with Gasteiger partial charge < -0.3 is 4.57 Å². The maximum absolute atomic E-state index is 13.5. The van der Waals surface area contributed by atoms with Gasteiger partial charge in [-0.2, -0.15) is 4.31 Å². The van der Waals surface area contributed by atoms with Crippen LogP contribution >= 0.6 is 11.6 Å². The first-order valence-corrected chi connectivity index (χ1v) is 13.3. The molecule has 2 heterocycles. The van der Waals surface area contributed by atoms with Crippen LogP contribution in [0.4, 0.5) is 8.78 Å². The molecule has 4 aromatic rings. The number of halogens is 3. The molecule has 1 aliphatic heterocycles. The molecule has 0 radical (unpaired) electrons. The highest BCUT2D eigenvalue weighted by Crippen LogP contribution is 2.39. The zero-order chi connectivity index (χ0) is 24.7. The van der Waals surface area contributed by atoms with Crippen molar-refractivity contribution in [3.05, 3.63) is 100 Å². The SMILES string of the molecule is Cc1c(C2CCN(S(=O)(=O)c3ccc(F)c(Cl)c3)CC2)c2ccccc2n1Cc1ccc(F)cc1. The molecule has 0 N–H and O–H groups in total. The lowest BCUT2D eigenvalue weighted by Crippen LogP contribution is -2.38. The minimum absolute atomic E-state index is 0.00873. The Bertz CT molecular complexity index is 1490. The fourth-order valence-electron chi connectivity index (χ4n) is 5.12. The molecule has 1 aliphatic rings. The molecule has 0 amide bonds. The Morgan fingerprint density at radius 1 is 0.971 bits per heavy atom. The van der Waals surface area contributed by atoms with Crippen molar-refractivity contribution in [3.63, 3.8) is 0 Å². The van der Waals surface area contributed by atoms with Crippen molar-refractivity contribution in [2.45, 2.75) is 37.1 Å². The van der Waals surface area contributed by atoms with E-state index in [4.69, 9.17) is 11.6 Å². The second-order valence-corrected chi connectivity index (χ2v) is 11.3. The molecule has 0 aliphatic carbocycles. The van der Waals surface area contributed by atoms with E-state index in [1.54, 1.807) is 12.1 Å². The Kier molecular flexibility index (Phi) is 6.42. The summed E-state index contributed by atoms with van der Waals surface area (Å²) in [5, 5.41) is 0.962. The summed E-state index contributed by atoms with van der Waals surface area (Å²) in [6.07, 6.45) is 1.36. The molecule has 5 rings (SSSR count). The summed E-state index contributed by atoms with van der Waals surface area (Å²) < 4.78 is 56.9. The van der Waals surface area contributed by atoms with Crippen molar-refractivity contribution in [1.29, 1.82) is 0 Å². The van der Waals surface area contributed by atoms with E-state index in [1.807, 2.05) is 12.1 Å². The molecule has 8 heteroatoms. The molecule has 0 saturated carbocycles. The lowest BCUT2D eigenvalue weighted by atomic mass is 9.88. The Morgan fingerprint density at radius 3 is 2.34 bits per heavy atom. The lowest BCUT2D eigenvalue weighted by Gasteiger charge is -2.31. The van der Waals surface area contributed by atoms with E-state index in [1.165, 1.54) is 39.5 Å². The van der Waals surface area contributed by atoms with Gasteiger partial charge in [0.1, 0.15) is 11.6 Å². The minimum atomic E-state index is -3.75. The van der Waals surface area contributed by atoms with Gasteiger partial charge in [-0.25, -0.2) is 17.2 Å². The number of nitrogens with zero attached hydrogens (tertiary/aromatic N) is 2. The third-order valence-electron chi connectivity index (χ3n) is 6.92. The van der Waals surface area contributed by atoms with E-state index in [-0.39, 0.29) is 21.7 Å². The summed E-state index contributed by atoms with van der Waals surface area (Å²) in [4.78, 5) is 0.00873. The maximum Gasteiger partial charge on any atom is 0.243 e. The van der Waals surface area contributed by atoms with Crippen LogP contribution in [0.15, 0.2) is 71.6 Å². The highest BCUT2D eigenvalue weighted by molar-refractivity contribution is 7.89. The van der Waals surface area contributed by atoms with Crippen LogP contribution in [0.3, 0.4) is 0 Å². The summed E-state index contributed by atoms with van der Waals surface area (Å²) in [5.74, 6) is -0.692. The zero-order valence-corrected chi connectivity index (χ0v) is 20.8. The Balaban J connectivity index is 1.41. The molecule has 4 nitrogen and oxygen atoms in total. The van der Waals surface area contributed by atoms with Gasteiger partial charge >= 0.3 is 0 Å². The zero-order valence-electron chi connectivity index (χ0n) is 19.2. The molecule has 0 bridgehead atoms. The van der Waals surface area contributed by atoms with Gasteiger partial charge in [-0.3, -0.25) is 0 Å². The standard InChI is InChI=1S/C27H25ClF2N2O2S/c1-18-27(23-4-2-3-5-26(23)32(18)17-19-6-8-21(29)9-7-19)20-12-14-31(15-13-20)35(33,34)22-10-11-25(30)24(28)16-22/h2-11,16,20H,12-15,17H2,1H3. The van der Waals surface area contributed by atoms with Crippen LogP contribution in [0.5, 0.6) is 0 Å². The summed E-state index contributed by atoms with van der Waals surface area (Å²) in [7, 11) is -3.75. The van der Waals surface area contributed by atoms with Crippen LogP contribution in [0.1, 0.15) is 35.6 Å². The van der Waals surface area contributed by atoms with Gasteiger partial charge in [0.05, 0.1) is 9.92 Å². The van der Waals surface area contributed by atoms with Crippen molar-refractivity contribution in [2.24, 2.45) is 0 Å².